The number of benzene rings is 10. The van der Waals surface area contributed by atoms with Crippen LogP contribution in [0.5, 0.6) is 0 Å². The van der Waals surface area contributed by atoms with Crippen LogP contribution in [-0.4, -0.2) is 0 Å². The highest BCUT2D eigenvalue weighted by atomic mass is 16.3. The van der Waals surface area contributed by atoms with Gasteiger partial charge in [0.05, 0.1) is 11.1 Å². The van der Waals surface area contributed by atoms with Gasteiger partial charge in [-0.25, -0.2) is 0 Å². The first kappa shape index (κ1) is 31.7. The van der Waals surface area contributed by atoms with Gasteiger partial charge in [0.25, 0.3) is 0 Å². The fourth-order valence-corrected chi connectivity index (χ4v) is 8.92. The molecule has 266 valence electrons. The molecule has 0 fully saturated rings. The van der Waals surface area contributed by atoms with Crippen LogP contribution in [-0.2, 0) is 0 Å². The Labute approximate surface area is 328 Å². The van der Waals surface area contributed by atoms with Crippen LogP contribution < -0.4 is 4.90 Å². The van der Waals surface area contributed by atoms with Crippen molar-refractivity contribution in [2.24, 2.45) is 0 Å². The second-order valence-electron chi connectivity index (χ2n) is 14.9. The number of nitrogens with zero attached hydrogens (tertiary/aromatic N) is 1. The summed E-state index contributed by atoms with van der Waals surface area (Å²) in [5, 5.41) is 11.3. The van der Waals surface area contributed by atoms with E-state index in [9.17, 15) is 0 Å². The highest BCUT2D eigenvalue weighted by molar-refractivity contribution is 6.24. The third-order valence-corrected chi connectivity index (χ3v) is 11.6. The zero-order chi connectivity index (χ0) is 37.5. The van der Waals surface area contributed by atoms with Gasteiger partial charge in [-0.2, -0.15) is 0 Å². The van der Waals surface area contributed by atoms with Crippen molar-refractivity contribution in [1.82, 2.24) is 0 Å². The monoisotopic (exact) mass is 727 g/mol. The lowest BCUT2D eigenvalue weighted by Crippen LogP contribution is -2.10. The van der Waals surface area contributed by atoms with Gasteiger partial charge < -0.3 is 13.7 Å². The third-order valence-electron chi connectivity index (χ3n) is 11.6. The van der Waals surface area contributed by atoms with Crippen molar-refractivity contribution in [2.75, 3.05) is 4.90 Å². The summed E-state index contributed by atoms with van der Waals surface area (Å²) in [6.45, 7) is 0. The number of anilines is 3. The highest BCUT2D eigenvalue weighted by Crippen LogP contribution is 2.48. The molecule has 12 rings (SSSR count). The van der Waals surface area contributed by atoms with E-state index >= 15 is 0 Å². The Morgan fingerprint density at radius 3 is 1.68 bits per heavy atom. The molecular weight excluding hydrogens is 695 g/mol. The molecule has 0 radical (unpaired) electrons. The van der Waals surface area contributed by atoms with Gasteiger partial charge in [0.15, 0.2) is 0 Å². The summed E-state index contributed by atoms with van der Waals surface area (Å²) in [6, 6.07) is 71.4. The molecule has 2 heterocycles. The van der Waals surface area contributed by atoms with E-state index in [1.165, 1.54) is 27.1 Å². The maximum absolute atomic E-state index is 6.90. The Bertz CT molecular complexity index is 3460. The maximum atomic E-state index is 6.90. The van der Waals surface area contributed by atoms with E-state index in [1.807, 2.05) is 6.07 Å². The fraction of sp³-hybridized carbons (Fsp3) is 0. The van der Waals surface area contributed by atoms with E-state index in [4.69, 9.17) is 8.83 Å². The van der Waals surface area contributed by atoms with Gasteiger partial charge in [-0.3, -0.25) is 0 Å². The molecule has 0 aliphatic carbocycles. The van der Waals surface area contributed by atoms with Crippen molar-refractivity contribution in [3.05, 3.63) is 200 Å². The summed E-state index contributed by atoms with van der Waals surface area (Å²) in [5.74, 6) is 0. The van der Waals surface area contributed by atoms with Gasteiger partial charge in [0, 0.05) is 38.5 Å². The number of para-hydroxylation sites is 1. The lowest BCUT2D eigenvalue weighted by molar-refractivity contribution is 0.670. The Hall–Kier alpha value is -7.62. The zero-order valence-corrected chi connectivity index (χ0v) is 30.8. The second kappa shape index (κ2) is 12.5. The van der Waals surface area contributed by atoms with Crippen molar-refractivity contribution in [3.8, 4) is 22.3 Å². The molecule has 0 aliphatic heterocycles. The predicted molar refractivity (Wildman–Crippen MR) is 239 cm³/mol. The lowest BCUT2D eigenvalue weighted by Gasteiger charge is -2.27. The molecule has 12 aromatic rings. The van der Waals surface area contributed by atoms with E-state index in [-0.39, 0.29) is 0 Å². The minimum Gasteiger partial charge on any atom is -0.455 e. The Kier molecular flexibility index (Phi) is 6.93. The molecule has 0 aliphatic rings. The number of hydrogen-bond acceptors (Lipinski definition) is 3. The van der Waals surface area contributed by atoms with Crippen LogP contribution in [0.15, 0.2) is 209 Å². The summed E-state index contributed by atoms with van der Waals surface area (Å²) in [7, 11) is 0. The molecule has 0 saturated heterocycles. The SMILES string of the molecule is c1ccc(-c2ccc3c(c2)oc2c(-c4cc5c(oc6cccc(N(c7ccc8ccccc8c7)c7ccc8ccccc8c7)c65)c5ccccc45)cccc23)cc1. The van der Waals surface area contributed by atoms with Crippen LogP contribution >= 0.6 is 0 Å². The summed E-state index contributed by atoms with van der Waals surface area (Å²) in [6.07, 6.45) is 0. The molecule has 0 unspecified atom stereocenters. The molecule has 0 amide bonds. The number of fused-ring (bicyclic) bond motifs is 10. The average Bonchev–Trinajstić information content (AvgIpc) is 3.85. The van der Waals surface area contributed by atoms with Crippen LogP contribution in [0.1, 0.15) is 0 Å². The van der Waals surface area contributed by atoms with E-state index in [0.717, 1.165) is 88.4 Å². The minimum absolute atomic E-state index is 0.840. The first-order chi connectivity index (χ1) is 28.2. The van der Waals surface area contributed by atoms with Gasteiger partial charge in [0.2, 0.25) is 0 Å². The van der Waals surface area contributed by atoms with Crippen LogP contribution in [0.4, 0.5) is 17.1 Å². The molecule has 3 heteroatoms. The summed E-state index contributed by atoms with van der Waals surface area (Å²) in [5.41, 5.74) is 11.1. The second-order valence-corrected chi connectivity index (χ2v) is 14.9. The first-order valence-corrected chi connectivity index (χ1v) is 19.4. The average molecular weight is 728 g/mol. The minimum atomic E-state index is 0.840. The third kappa shape index (κ3) is 4.99. The Morgan fingerprint density at radius 2 is 0.930 bits per heavy atom. The molecule has 0 bridgehead atoms. The topological polar surface area (TPSA) is 29.5 Å². The van der Waals surface area contributed by atoms with Crippen LogP contribution in [0.2, 0.25) is 0 Å². The quantitative estimate of drug-likeness (QED) is 0.177. The molecule has 57 heavy (non-hydrogen) atoms. The molecule has 3 nitrogen and oxygen atoms in total. The molecule has 0 saturated carbocycles. The molecule has 0 spiro atoms. The van der Waals surface area contributed by atoms with Gasteiger partial charge in [-0.1, -0.05) is 146 Å². The van der Waals surface area contributed by atoms with Gasteiger partial charge in [0.1, 0.15) is 22.3 Å². The zero-order valence-electron chi connectivity index (χ0n) is 30.8. The molecular formula is C54H33NO2. The molecule has 10 aromatic carbocycles. The molecule has 2 aromatic heterocycles. The van der Waals surface area contributed by atoms with Gasteiger partial charge in [-0.05, 0) is 98.2 Å². The normalized spacial score (nSPS) is 11.9. The first-order valence-electron chi connectivity index (χ1n) is 19.4. The summed E-state index contributed by atoms with van der Waals surface area (Å²) >= 11 is 0. The van der Waals surface area contributed by atoms with E-state index in [0.29, 0.717) is 0 Å². The van der Waals surface area contributed by atoms with Crippen molar-refractivity contribution >= 4 is 93.3 Å². The van der Waals surface area contributed by atoms with Crippen molar-refractivity contribution in [1.29, 1.82) is 0 Å². The predicted octanol–water partition coefficient (Wildman–Crippen LogP) is 15.7. The van der Waals surface area contributed by atoms with Gasteiger partial charge in [-0.15, -0.1) is 0 Å². The van der Waals surface area contributed by atoms with E-state index in [1.54, 1.807) is 0 Å². The fourth-order valence-electron chi connectivity index (χ4n) is 8.92. The van der Waals surface area contributed by atoms with Crippen LogP contribution in [0.3, 0.4) is 0 Å². The number of hydrogen-bond donors (Lipinski definition) is 0. The summed E-state index contributed by atoms with van der Waals surface area (Å²) < 4.78 is 13.7. The van der Waals surface area contributed by atoms with Crippen molar-refractivity contribution in [2.45, 2.75) is 0 Å². The standard InChI is InChI=1S/C54H33NO2/c1-2-12-34(13-3-1)39-26-29-43-45-20-10-21-46(53(45)57-51(43)32-39)47-33-48-52-49(22-11-23-50(52)56-54(48)44-19-9-8-18-42(44)47)55(40-27-24-35-14-4-6-16-37(35)30-40)41-28-25-36-15-5-7-17-38(36)31-41/h1-33H. The van der Waals surface area contributed by atoms with E-state index in [2.05, 4.69) is 199 Å². The smallest absolute Gasteiger partial charge is 0.143 e. The molecule has 0 N–H and O–H groups in total. The highest BCUT2D eigenvalue weighted by Gasteiger charge is 2.23. The van der Waals surface area contributed by atoms with E-state index < -0.39 is 0 Å². The number of furan rings is 2. The van der Waals surface area contributed by atoms with Crippen molar-refractivity contribution in [3.63, 3.8) is 0 Å². The molecule has 0 atom stereocenters. The maximum Gasteiger partial charge on any atom is 0.143 e. The van der Waals surface area contributed by atoms with Crippen LogP contribution in [0.25, 0.3) is 98.4 Å². The van der Waals surface area contributed by atoms with Crippen LogP contribution in [0, 0.1) is 0 Å². The largest absolute Gasteiger partial charge is 0.455 e. The summed E-state index contributed by atoms with van der Waals surface area (Å²) in [4.78, 5) is 2.38. The Balaban J connectivity index is 1.13. The van der Waals surface area contributed by atoms with Gasteiger partial charge >= 0.3 is 0 Å². The number of rotatable bonds is 5. The lowest BCUT2D eigenvalue weighted by atomic mass is 9.93. The van der Waals surface area contributed by atoms with Crippen molar-refractivity contribution < 1.29 is 8.83 Å². The Morgan fingerprint density at radius 1 is 0.316 bits per heavy atom.